The van der Waals surface area contributed by atoms with E-state index in [0.717, 1.165) is 11.1 Å². The Hall–Kier alpha value is -1.45. The van der Waals surface area contributed by atoms with Crippen molar-refractivity contribution in [1.82, 2.24) is 5.32 Å². The van der Waals surface area contributed by atoms with Crippen molar-refractivity contribution in [3.05, 3.63) is 70.7 Å². The number of halogens is 1. The molecule has 0 saturated heterocycles. The molecule has 2 rings (SSSR count). The molecule has 1 atom stereocenters. The number of amides is 1. The third-order valence-electron chi connectivity index (χ3n) is 2.93. The Labute approximate surface area is 129 Å². The van der Waals surface area contributed by atoms with Gasteiger partial charge in [0.2, 0.25) is 5.91 Å². The molecule has 0 aromatic heterocycles. The molecular weight excluding hydrogens is 290 g/mol. The molecule has 1 unspecified atom stereocenters. The van der Waals surface area contributed by atoms with E-state index in [9.17, 15) is 4.79 Å². The van der Waals surface area contributed by atoms with Gasteiger partial charge in [-0.2, -0.15) is 12.6 Å². The van der Waals surface area contributed by atoms with Gasteiger partial charge in [0, 0.05) is 11.6 Å². The van der Waals surface area contributed by atoms with Crippen LogP contribution in [-0.4, -0.2) is 11.2 Å². The lowest BCUT2D eigenvalue weighted by Gasteiger charge is -2.12. The zero-order valence-corrected chi connectivity index (χ0v) is 12.6. The standard InChI is InChI=1S/C16H16ClNOS/c17-14-8-4-7-13(9-14)11-18-16(19)15(20)10-12-5-2-1-3-6-12/h1-9,15,20H,10-11H2,(H,18,19). The topological polar surface area (TPSA) is 29.1 Å². The molecule has 0 heterocycles. The average Bonchev–Trinajstić information content (AvgIpc) is 2.46. The first-order valence-electron chi connectivity index (χ1n) is 6.39. The molecule has 0 fully saturated rings. The summed E-state index contributed by atoms with van der Waals surface area (Å²) in [5.41, 5.74) is 2.08. The smallest absolute Gasteiger partial charge is 0.233 e. The van der Waals surface area contributed by atoms with Crippen LogP contribution in [0.15, 0.2) is 54.6 Å². The van der Waals surface area contributed by atoms with E-state index in [1.54, 1.807) is 0 Å². The second kappa shape index (κ2) is 7.36. The molecule has 0 aliphatic rings. The maximum Gasteiger partial charge on any atom is 0.233 e. The van der Waals surface area contributed by atoms with E-state index in [2.05, 4.69) is 17.9 Å². The normalized spacial score (nSPS) is 11.9. The minimum absolute atomic E-state index is 0.0721. The lowest BCUT2D eigenvalue weighted by Crippen LogP contribution is -2.32. The molecular formula is C16H16ClNOS. The molecule has 0 radical (unpaired) electrons. The van der Waals surface area contributed by atoms with Gasteiger partial charge < -0.3 is 5.32 Å². The van der Waals surface area contributed by atoms with Crippen LogP contribution in [0.2, 0.25) is 5.02 Å². The van der Waals surface area contributed by atoms with Gasteiger partial charge in [0.05, 0.1) is 5.25 Å². The van der Waals surface area contributed by atoms with E-state index in [1.165, 1.54) is 0 Å². The van der Waals surface area contributed by atoms with E-state index in [1.807, 2.05) is 54.6 Å². The number of nitrogens with one attached hydrogen (secondary N) is 1. The number of benzene rings is 2. The minimum Gasteiger partial charge on any atom is -0.351 e. The summed E-state index contributed by atoms with van der Waals surface area (Å²) in [7, 11) is 0. The fourth-order valence-corrected chi connectivity index (χ4v) is 2.40. The van der Waals surface area contributed by atoms with Crippen LogP contribution in [0.5, 0.6) is 0 Å². The zero-order valence-electron chi connectivity index (χ0n) is 10.9. The molecule has 0 saturated carbocycles. The van der Waals surface area contributed by atoms with Gasteiger partial charge >= 0.3 is 0 Å². The maximum absolute atomic E-state index is 12.0. The largest absolute Gasteiger partial charge is 0.351 e. The van der Waals surface area contributed by atoms with Crippen molar-refractivity contribution in [2.75, 3.05) is 0 Å². The van der Waals surface area contributed by atoms with Gasteiger partial charge in [0.1, 0.15) is 0 Å². The van der Waals surface area contributed by atoms with E-state index >= 15 is 0 Å². The number of hydrogen-bond donors (Lipinski definition) is 2. The summed E-state index contributed by atoms with van der Waals surface area (Å²) in [5, 5.41) is 3.19. The van der Waals surface area contributed by atoms with Crippen LogP contribution in [0.4, 0.5) is 0 Å². The van der Waals surface area contributed by atoms with Crippen LogP contribution in [0.3, 0.4) is 0 Å². The van der Waals surface area contributed by atoms with Crippen molar-refractivity contribution in [3.8, 4) is 0 Å². The van der Waals surface area contributed by atoms with Crippen LogP contribution in [-0.2, 0) is 17.8 Å². The average molecular weight is 306 g/mol. The molecule has 0 bridgehead atoms. The summed E-state index contributed by atoms with van der Waals surface area (Å²) < 4.78 is 0. The third-order valence-corrected chi connectivity index (χ3v) is 3.58. The number of rotatable bonds is 5. The highest BCUT2D eigenvalue weighted by Gasteiger charge is 2.13. The highest BCUT2D eigenvalue weighted by molar-refractivity contribution is 7.81. The summed E-state index contributed by atoms with van der Waals surface area (Å²) >= 11 is 10.3. The summed E-state index contributed by atoms with van der Waals surface area (Å²) in [6.07, 6.45) is 0.616. The molecule has 1 N–H and O–H groups in total. The minimum atomic E-state index is -0.350. The maximum atomic E-state index is 12.0. The molecule has 2 nitrogen and oxygen atoms in total. The number of hydrogen-bond acceptors (Lipinski definition) is 2. The van der Waals surface area contributed by atoms with Crippen LogP contribution in [0, 0.1) is 0 Å². The molecule has 104 valence electrons. The van der Waals surface area contributed by atoms with Gasteiger partial charge in [-0.25, -0.2) is 0 Å². The van der Waals surface area contributed by atoms with Crippen molar-refractivity contribution < 1.29 is 4.79 Å². The van der Waals surface area contributed by atoms with Gasteiger partial charge in [-0.05, 0) is 29.7 Å². The molecule has 2 aromatic rings. The van der Waals surface area contributed by atoms with Crippen molar-refractivity contribution in [3.63, 3.8) is 0 Å². The van der Waals surface area contributed by atoms with Crippen LogP contribution < -0.4 is 5.32 Å². The first kappa shape index (κ1) is 14.9. The van der Waals surface area contributed by atoms with Crippen LogP contribution in [0.25, 0.3) is 0 Å². The van der Waals surface area contributed by atoms with Gasteiger partial charge in [0.25, 0.3) is 0 Å². The van der Waals surface area contributed by atoms with Gasteiger partial charge in [-0.15, -0.1) is 0 Å². The van der Waals surface area contributed by atoms with E-state index in [0.29, 0.717) is 18.0 Å². The molecule has 0 spiro atoms. The molecule has 2 aromatic carbocycles. The molecule has 20 heavy (non-hydrogen) atoms. The van der Waals surface area contributed by atoms with Crippen molar-refractivity contribution in [1.29, 1.82) is 0 Å². The van der Waals surface area contributed by atoms with E-state index in [-0.39, 0.29) is 11.2 Å². The second-order valence-electron chi connectivity index (χ2n) is 4.55. The van der Waals surface area contributed by atoms with E-state index < -0.39 is 0 Å². The van der Waals surface area contributed by atoms with Crippen molar-refractivity contribution in [2.24, 2.45) is 0 Å². The quantitative estimate of drug-likeness (QED) is 0.813. The lowest BCUT2D eigenvalue weighted by molar-refractivity contribution is -0.120. The van der Waals surface area contributed by atoms with Crippen molar-refractivity contribution in [2.45, 2.75) is 18.2 Å². The Morgan fingerprint density at radius 3 is 2.50 bits per heavy atom. The monoisotopic (exact) mass is 305 g/mol. The predicted molar refractivity (Wildman–Crippen MR) is 86.2 cm³/mol. The van der Waals surface area contributed by atoms with Crippen LogP contribution >= 0.6 is 24.2 Å². The second-order valence-corrected chi connectivity index (χ2v) is 5.61. The van der Waals surface area contributed by atoms with Gasteiger partial charge in [-0.1, -0.05) is 54.1 Å². The van der Waals surface area contributed by atoms with E-state index in [4.69, 9.17) is 11.6 Å². The Balaban J connectivity index is 1.85. The Morgan fingerprint density at radius 2 is 1.80 bits per heavy atom. The Morgan fingerprint density at radius 1 is 1.10 bits per heavy atom. The highest BCUT2D eigenvalue weighted by Crippen LogP contribution is 2.11. The fourth-order valence-electron chi connectivity index (χ4n) is 1.88. The molecule has 1 amide bonds. The van der Waals surface area contributed by atoms with Crippen molar-refractivity contribution >= 4 is 30.1 Å². The third kappa shape index (κ3) is 4.58. The van der Waals surface area contributed by atoms with Gasteiger partial charge in [0.15, 0.2) is 0 Å². The summed E-state index contributed by atoms with van der Waals surface area (Å²) in [6.45, 7) is 0.464. The first-order valence-corrected chi connectivity index (χ1v) is 7.29. The fraction of sp³-hybridized carbons (Fsp3) is 0.188. The number of carbonyl (C=O) groups is 1. The highest BCUT2D eigenvalue weighted by atomic mass is 35.5. The number of thiol groups is 1. The SMILES string of the molecule is O=C(NCc1cccc(Cl)c1)C(S)Cc1ccccc1. The number of carbonyl (C=O) groups excluding carboxylic acids is 1. The van der Waals surface area contributed by atoms with Gasteiger partial charge in [-0.3, -0.25) is 4.79 Å². The first-order chi connectivity index (χ1) is 9.65. The molecule has 0 aliphatic heterocycles. The Bertz CT molecular complexity index is 574. The Kier molecular flexibility index (Phi) is 5.50. The van der Waals surface area contributed by atoms with Crippen LogP contribution in [0.1, 0.15) is 11.1 Å². The summed E-state index contributed by atoms with van der Waals surface area (Å²) in [5.74, 6) is -0.0721. The summed E-state index contributed by atoms with van der Waals surface area (Å²) in [6, 6.07) is 17.3. The lowest BCUT2D eigenvalue weighted by atomic mass is 10.1. The molecule has 0 aliphatic carbocycles. The zero-order chi connectivity index (χ0) is 14.4. The molecule has 4 heteroatoms. The summed E-state index contributed by atoms with van der Waals surface area (Å²) in [4.78, 5) is 12.0. The predicted octanol–water partition coefficient (Wildman–Crippen LogP) is 3.50.